The Kier molecular flexibility index (Phi) is 8.57. The molecule has 1 aromatic heterocycles. The first-order valence-electron chi connectivity index (χ1n) is 17.5. The number of ether oxygens (including phenoxy) is 6. The predicted octanol–water partition coefficient (Wildman–Crippen LogP) is 3.88. The Morgan fingerprint density at radius 2 is 1.48 bits per heavy atom. The molecule has 5 aliphatic rings. The molecule has 1 saturated heterocycles. The number of esters is 5. The van der Waals surface area contributed by atoms with E-state index < -0.39 is 105 Å². The van der Waals surface area contributed by atoms with Crippen molar-refractivity contribution in [2.45, 2.75) is 130 Å². The van der Waals surface area contributed by atoms with Crippen LogP contribution < -0.4 is 0 Å². The summed E-state index contributed by atoms with van der Waals surface area (Å²) in [4.78, 5) is 66.4. The van der Waals surface area contributed by atoms with Crippen molar-refractivity contribution in [2.75, 3.05) is 7.11 Å². The molecule has 14 atom stereocenters. The summed E-state index contributed by atoms with van der Waals surface area (Å²) in [6, 6.07) is 1.85. The van der Waals surface area contributed by atoms with Crippen LogP contribution in [-0.2, 0) is 52.4 Å². The Morgan fingerprint density at radius 3 is 2.02 bits per heavy atom. The summed E-state index contributed by atoms with van der Waals surface area (Å²) in [6.07, 6.45) is -2.37. The normalized spacial score (nSPS) is 45.6. The summed E-state index contributed by atoms with van der Waals surface area (Å²) in [5.41, 5.74) is -5.38. The van der Waals surface area contributed by atoms with Crippen LogP contribution in [0.3, 0.4) is 0 Å². The van der Waals surface area contributed by atoms with Crippen molar-refractivity contribution >= 4 is 29.8 Å². The van der Waals surface area contributed by atoms with Gasteiger partial charge in [-0.3, -0.25) is 24.0 Å². The second-order valence-electron chi connectivity index (χ2n) is 16.2. The van der Waals surface area contributed by atoms with E-state index in [-0.39, 0.29) is 24.9 Å². The van der Waals surface area contributed by atoms with Gasteiger partial charge in [-0.1, -0.05) is 34.6 Å². The summed E-state index contributed by atoms with van der Waals surface area (Å²) in [6.45, 7) is 14.6. The van der Waals surface area contributed by atoms with Crippen molar-refractivity contribution in [3.63, 3.8) is 0 Å². The Balaban J connectivity index is 1.68. The third-order valence-electron chi connectivity index (χ3n) is 13.7. The molecule has 0 aromatic carbocycles. The molecule has 0 bridgehead atoms. The number of furan rings is 1. The number of carbonyl (C=O) groups is 5. The molecule has 4 aliphatic carbocycles. The highest BCUT2D eigenvalue weighted by Crippen LogP contribution is 2.83. The molecule has 5 fully saturated rings. The smallest absolute Gasteiger partial charge is 0.315 e. The Labute approximate surface area is 292 Å². The lowest BCUT2D eigenvalue weighted by Crippen LogP contribution is -2.80. The summed E-state index contributed by atoms with van der Waals surface area (Å²) in [5.74, 6) is -5.73. The fourth-order valence-corrected chi connectivity index (χ4v) is 11.7. The van der Waals surface area contributed by atoms with Gasteiger partial charge in [-0.15, -0.1) is 0 Å². The van der Waals surface area contributed by atoms with Crippen LogP contribution in [0.15, 0.2) is 23.0 Å². The van der Waals surface area contributed by atoms with E-state index in [1.807, 2.05) is 26.8 Å². The molecular weight excluding hydrogens is 652 g/mol. The number of hydrogen-bond donors (Lipinski definition) is 1. The van der Waals surface area contributed by atoms with E-state index in [2.05, 4.69) is 0 Å². The van der Waals surface area contributed by atoms with E-state index in [1.165, 1.54) is 27.9 Å². The first kappa shape index (κ1) is 36.3. The van der Waals surface area contributed by atoms with E-state index in [9.17, 15) is 29.1 Å². The van der Waals surface area contributed by atoms with Crippen LogP contribution in [-0.4, -0.2) is 84.3 Å². The predicted molar refractivity (Wildman–Crippen MR) is 172 cm³/mol. The highest BCUT2D eigenvalue weighted by Gasteiger charge is 2.92. The van der Waals surface area contributed by atoms with Gasteiger partial charge in [0.05, 0.1) is 37.8 Å². The van der Waals surface area contributed by atoms with Gasteiger partial charge in [0.25, 0.3) is 0 Å². The minimum atomic E-state index is -1.55. The lowest BCUT2D eigenvalue weighted by molar-refractivity contribution is -0.330. The molecule has 276 valence electrons. The van der Waals surface area contributed by atoms with Crippen LogP contribution in [0.5, 0.6) is 0 Å². The maximum atomic E-state index is 14.0. The maximum Gasteiger partial charge on any atom is 0.315 e. The van der Waals surface area contributed by atoms with Crippen molar-refractivity contribution in [3.05, 3.63) is 24.2 Å². The van der Waals surface area contributed by atoms with Gasteiger partial charge >= 0.3 is 29.8 Å². The van der Waals surface area contributed by atoms with Crippen LogP contribution in [0, 0.1) is 39.4 Å². The quantitative estimate of drug-likeness (QED) is 0.246. The molecule has 13 heteroatoms. The van der Waals surface area contributed by atoms with Gasteiger partial charge in [0, 0.05) is 55.3 Å². The second kappa shape index (κ2) is 11.8. The van der Waals surface area contributed by atoms with Gasteiger partial charge in [0.15, 0.2) is 0 Å². The largest absolute Gasteiger partial charge is 0.472 e. The zero-order valence-electron chi connectivity index (χ0n) is 30.5. The van der Waals surface area contributed by atoms with E-state index in [0.29, 0.717) is 6.42 Å². The average Bonchev–Trinajstić information content (AvgIpc) is 3.38. The highest BCUT2D eigenvalue weighted by molar-refractivity contribution is 5.79. The Hall–Kier alpha value is -3.45. The summed E-state index contributed by atoms with van der Waals surface area (Å²) < 4.78 is 42.6. The van der Waals surface area contributed by atoms with Crippen LogP contribution in [0.25, 0.3) is 0 Å². The monoisotopic (exact) mass is 702 g/mol. The van der Waals surface area contributed by atoms with Crippen molar-refractivity contribution in [1.82, 2.24) is 0 Å². The molecular formula is C37H50O13. The third kappa shape index (κ3) is 4.53. The number of rotatable bonds is 7. The summed E-state index contributed by atoms with van der Waals surface area (Å²) in [5, 5.41) is 12.4. The third-order valence-corrected chi connectivity index (χ3v) is 13.7. The molecule has 1 spiro atoms. The van der Waals surface area contributed by atoms with Gasteiger partial charge in [-0.25, -0.2) is 0 Å². The molecule has 1 N–H and O–H groups in total. The first-order valence-corrected chi connectivity index (χ1v) is 17.5. The van der Waals surface area contributed by atoms with E-state index in [1.54, 1.807) is 33.3 Å². The highest BCUT2D eigenvalue weighted by atomic mass is 16.6. The minimum absolute atomic E-state index is 0.0525. The lowest BCUT2D eigenvalue weighted by atomic mass is 9.33. The number of aliphatic hydroxyl groups excluding tert-OH is 1. The van der Waals surface area contributed by atoms with Gasteiger partial charge < -0.3 is 37.9 Å². The van der Waals surface area contributed by atoms with E-state index in [4.69, 9.17) is 32.8 Å². The zero-order chi connectivity index (χ0) is 36.9. The number of hydrogen-bond acceptors (Lipinski definition) is 13. The SMILES string of the molecule is COC(=O)[C@]1(C)[C@H](OC(C)=O)C[C@H](O)[C@]2(C)[C@H]3[C@@H](OC(=O)C(C)C)[C@H](OC(C)=O)[C@@]4(C)[C@H](c5ccoc5)C[C@@H]5O[C@@]54[C@]3(C)[C@H](OC(C)=O)C[C@@H]12. The van der Waals surface area contributed by atoms with E-state index >= 15 is 0 Å². The first-order chi connectivity index (χ1) is 23.3. The number of fused-ring (bicyclic) bond motifs is 3. The topological polar surface area (TPSA) is 177 Å². The summed E-state index contributed by atoms with van der Waals surface area (Å²) >= 11 is 0. The van der Waals surface area contributed by atoms with Crippen LogP contribution >= 0.6 is 0 Å². The van der Waals surface area contributed by atoms with Gasteiger partial charge in [0.2, 0.25) is 0 Å². The molecule has 1 aromatic rings. The van der Waals surface area contributed by atoms with E-state index in [0.717, 1.165) is 5.56 Å². The van der Waals surface area contributed by atoms with Crippen LogP contribution in [0.4, 0.5) is 0 Å². The molecule has 13 nitrogen and oxygen atoms in total. The number of aliphatic hydroxyl groups is 1. The second-order valence-corrected chi connectivity index (χ2v) is 16.2. The number of carbonyl (C=O) groups excluding carboxylic acids is 5. The van der Waals surface area contributed by atoms with Gasteiger partial charge in [-0.05, 0) is 37.3 Å². The average molecular weight is 703 g/mol. The molecule has 4 saturated carbocycles. The van der Waals surface area contributed by atoms with Crippen molar-refractivity contribution in [1.29, 1.82) is 0 Å². The fraction of sp³-hybridized carbons (Fsp3) is 0.757. The molecule has 0 amide bonds. The van der Waals surface area contributed by atoms with Crippen molar-refractivity contribution in [3.8, 4) is 0 Å². The molecule has 1 aliphatic heterocycles. The molecule has 0 unspecified atom stereocenters. The van der Waals surface area contributed by atoms with Gasteiger partial charge in [0.1, 0.15) is 35.4 Å². The maximum absolute atomic E-state index is 14.0. The van der Waals surface area contributed by atoms with Crippen LogP contribution in [0.1, 0.15) is 93.1 Å². The minimum Gasteiger partial charge on any atom is -0.472 e. The van der Waals surface area contributed by atoms with Crippen LogP contribution in [0.2, 0.25) is 0 Å². The Bertz CT molecular complexity index is 1570. The number of epoxide rings is 1. The molecule has 6 rings (SSSR count). The fourth-order valence-electron chi connectivity index (χ4n) is 11.7. The molecule has 2 heterocycles. The Morgan fingerprint density at radius 1 is 0.860 bits per heavy atom. The van der Waals surface area contributed by atoms with Crippen molar-refractivity contribution < 1.29 is 61.9 Å². The molecule has 50 heavy (non-hydrogen) atoms. The lowest BCUT2D eigenvalue weighted by Gasteiger charge is -2.72. The number of methoxy groups -OCH3 is 1. The standard InChI is InChI=1S/C37H50O13/c1-17(2)31(42)49-28-29-33(6)23(34(7,32(43)44-10)25(15-24(33)41)46-18(3)38)14-26(47-19(4)39)36(29,9)37-27(50-37)13-22(21-11-12-45-16-21)35(37,8)30(28)48-20(5)40/h11-12,16-17,22-30,41H,13-15H2,1-10H3/t22-,23+,24-,25+,26+,27-,28+,29+,30-,33+,34-,35+,36+,37-/m0/s1. The van der Waals surface area contributed by atoms with Crippen molar-refractivity contribution in [2.24, 2.45) is 39.4 Å². The zero-order valence-corrected chi connectivity index (χ0v) is 30.5. The van der Waals surface area contributed by atoms with Gasteiger partial charge in [-0.2, -0.15) is 0 Å². The molecule has 0 radical (unpaired) electrons. The summed E-state index contributed by atoms with van der Waals surface area (Å²) in [7, 11) is 1.24.